The maximum atomic E-state index is 14.4. The topological polar surface area (TPSA) is 98.8 Å². The molecule has 2 saturated carbocycles. The van der Waals surface area contributed by atoms with Crippen LogP contribution in [0.25, 0.3) is 11.8 Å². The van der Waals surface area contributed by atoms with Crippen molar-refractivity contribution in [3.63, 3.8) is 0 Å². The van der Waals surface area contributed by atoms with Crippen LogP contribution in [-0.2, 0) is 29.4 Å². The van der Waals surface area contributed by atoms with Crippen molar-refractivity contribution in [1.29, 1.82) is 0 Å². The van der Waals surface area contributed by atoms with E-state index in [9.17, 15) is 26.6 Å². The first-order valence-corrected chi connectivity index (χ1v) is 16.6. The Bertz CT molecular complexity index is 1910. The fraction of sp³-hybridized carbons (Fsp3) is 0.379. The lowest BCUT2D eigenvalue weighted by atomic mass is 9.60. The number of benzene rings is 1. The van der Waals surface area contributed by atoms with Gasteiger partial charge in [0.05, 0.1) is 32.7 Å². The minimum Gasteiger partial charge on any atom is -0.291 e. The van der Waals surface area contributed by atoms with Crippen molar-refractivity contribution in [2.45, 2.75) is 61.9 Å². The molecule has 0 aliphatic heterocycles. The summed E-state index contributed by atoms with van der Waals surface area (Å²) in [6.45, 7) is 0. The van der Waals surface area contributed by atoms with Gasteiger partial charge in [-0.1, -0.05) is 5.57 Å². The van der Waals surface area contributed by atoms with Gasteiger partial charge in [0.1, 0.15) is 17.8 Å². The quantitative estimate of drug-likeness (QED) is 0.157. The van der Waals surface area contributed by atoms with Crippen molar-refractivity contribution in [3.8, 4) is 5.69 Å². The Hall–Kier alpha value is -3.69. The van der Waals surface area contributed by atoms with E-state index in [1.54, 1.807) is 30.1 Å². The van der Waals surface area contributed by atoms with Gasteiger partial charge in [-0.15, -0.1) is 16.4 Å². The van der Waals surface area contributed by atoms with Gasteiger partial charge in [-0.05, 0) is 80.3 Å². The second kappa shape index (κ2) is 10.2. The van der Waals surface area contributed by atoms with E-state index >= 15 is 0 Å². The molecule has 0 N–H and O–H groups in total. The molecule has 1 aromatic carbocycles. The van der Waals surface area contributed by atoms with Gasteiger partial charge >= 0.3 is 6.18 Å². The first kappa shape index (κ1) is 29.0. The Labute approximate surface area is 254 Å². The minimum absolute atomic E-state index is 0.0389. The number of allylic oxidation sites excluding steroid dienone is 1. The number of nitrogens with zero attached hydrogens (tertiary/aromatic N) is 7. The van der Waals surface area contributed by atoms with Crippen LogP contribution in [0.15, 0.2) is 52.9 Å². The summed E-state index contributed by atoms with van der Waals surface area (Å²) in [6.07, 6.45) is 3.23. The predicted molar refractivity (Wildman–Crippen MR) is 156 cm³/mol. The zero-order valence-corrected chi connectivity index (χ0v) is 25.1. The molecule has 15 heteroatoms. The molecule has 7 rings (SSSR count). The Morgan fingerprint density at radius 2 is 1.93 bits per heavy atom. The van der Waals surface area contributed by atoms with E-state index in [0.717, 1.165) is 29.7 Å². The SMILES string of the molecule is C=S(=O)(c1ncn(C)n1)N(C1CC1)[C@H]1CCC2=Cc3c(cnn3-c3ccc(F)cc3)C[C@]2(C(=O)c2csc(C(F)(F)F)n2)C1. The number of alkyl halides is 3. The van der Waals surface area contributed by atoms with Gasteiger partial charge in [-0.2, -0.15) is 18.3 Å². The van der Waals surface area contributed by atoms with Gasteiger partial charge in [0, 0.05) is 24.5 Å². The first-order chi connectivity index (χ1) is 20.9. The van der Waals surface area contributed by atoms with E-state index in [2.05, 4.69) is 26.0 Å². The summed E-state index contributed by atoms with van der Waals surface area (Å²) >= 11 is 0.390. The van der Waals surface area contributed by atoms with Crippen LogP contribution in [0.1, 0.15) is 58.9 Å². The lowest BCUT2D eigenvalue weighted by Gasteiger charge is -2.47. The zero-order valence-electron chi connectivity index (χ0n) is 23.5. The smallest absolute Gasteiger partial charge is 0.291 e. The Balaban J connectivity index is 1.32. The molecule has 44 heavy (non-hydrogen) atoms. The highest BCUT2D eigenvalue weighted by molar-refractivity contribution is 7.98. The van der Waals surface area contributed by atoms with E-state index < -0.39 is 32.1 Å². The van der Waals surface area contributed by atoms with E-state index in [0.29, 0.717) is 29.9 Å². The molecule has 0 saturated heterocycles. The molecule has 0 bridgehead atoms. The Morgan fingerprint density at radius 3 is 2.57 bits per heavy atom. The van der Waals surface area contributed by atoms with Crippen LogP contribution in [0.2, 0.25) is 0 Å². The van der Waals surface area contributed by atoms with Crippen LogP contribution in [-0.4, -0.2) is 61.8 Å². The molecule has 0 spiro atoms. The number of carbonyl (C=O) groups is 1. The van der Waals surface area contributed by atoms with E-state index in [1.165, 1.54) is 28.5 Å². The second-order valence-corrected chi connectivity index (χ2v) is 14.5. The van der Waals surface area contributed by atoms with Crippen molar-refractivity contribution >= 4 is 38.8 Å². The van der Waals surface area contributed by atoms with E-state index in [1.807, 2.05) is 10.4 Å². The standard InChI is InChI=1S/C29H27F4N7O2S2/c1-38-16-34-27(37-38)44(2,42)40(21-9-10-21)22-6-3-18-11-24-17(14-35-39(24)20-7-4-19(30)5-8-20)12-28(18,13-22)25(41)23-15-43-26(36-23)29(31,32)33/h4-5,7-8,11,14-16,21-22H,2-3,6,9-10,12-13H2,1H3/t22-,28-,44?/m0/s1. The van der Waals surface area contributed by atoms with Crippen LogP contribution < -0.4 is 0 Å². The Morgan fingerprint density at radius 1 is 1.18 bits per heavy atom. The maximum Gasteiger partial charge on any atom is 0.443 e. The highest BCUT2D eigenvalue weighted by atomic mass is 32.2. The van der Waals surface area contributed by atoms with Crippen LogP contribution in [0.4, 0.5) is 17.6 Å². The summed E-state index contributed by atoms with van der Waals surface area (Å²) in [5, 5.41) is 8.99. The molecule has 0 amide bonds. The van der Waals surface area contributed by atoms with Gasteiger partial charge in [0.25, 0.3) is 0 Å². The summed E-state index contributed by atoms with van der Waals surface area (Å²) in [5.74, 6) is 3.17. The molecular formula is C29H27F4N7O2S2. The van der Waals surface area contributed by atoms with Crippen LogP contribution in [0.3, 0.4) is 0 Å². The molecule has 3 aromatic heterocycles. The van der Waals surface area contributed by atoms with Gasteiger partial charge < -0.3 is 0 Å². The molecule has 1 unspecified atom stereocenters. The summed E-state index contributed by atoms with van der Waals surface area (Å²) in [5.41, 5.74) is 1.33. The first-order valence-electron chi connectivity index (χ1n) is 14.0. The second-order valence-electron chi connectivity index (χ2n) is 11.6. The fourth-order valence-electron chi connectivity index (χ4n) is 6.51. The molecule has 3 atom stereocenters. The number of aromatic nitrogens is 6. The molecule has 3 aliphatic carbocycles. The normalized spacial score (nSPS) is 23.1. The van der Waals surface area contributed by atoms with Crippen molar-refractivity contribution in [1.82, 2.24) is 33.8 Å². The predicted octanol–water partition coefficient (Wildman–Crippen LogP) is 5.13. The van der Waals surface area contributed by atoms with Crippen molar-refractivity contribution in [2.24, 2.45) is 12.5 Å². The van der Waals surface area contributed by atoms with Crippen molar-refractivity contribution in [2.75, 3.05) is 0 Å². The largest absolute Gasteiger partial charge is 0.443 e. The number of Topliss-reactive ketones (excluding diaryl/α,β-unsaturated/α-hetero) is 1. The monoisotopic (exact) mass is 645 g/mol. The van der Waals surface area contributed by atoms with Gasteiger partial charge in [-0.25, -0.2) is 27.6 Å². The number of hydrogen-bond donors (Lipinski definition) is 0. The molecule has 4 aromatic rings. The number of carbonyl (C=O) groups excluding carboxylic acids is 1. The summed E-state index contributed by atoms with van der Waals surface area (Å²) < 4.78 is 73.4. The summed E-state index contributed by atoms with van der Waals surface area (Å²) in [6, 6.07) is 5.44. The summed E-state index contributed by atoms with van der Waals surface area (Å²) in [7, 11) is -1.46. The minimum atomic E-state index is -4.68. The van der Waals surface area contributed by atoms with Gasteiger partial charge in [0.15, 0.2) is 10.8 Å². The average molecular weight is 646 g/mol. The molecule has 3 heterocycles. The third-order valence-electron chi connectivity index (χ3n) is 8.59. The lowest BCUT2D eigenvalue weighted by Crippen LogP contribution is -2.51. The number of rotatable bonds is 7. The third kappa shape index (κ3) is 4.81. The molecule has 2 fully saturated rings. The number of ketones is 1. The molecule has 9 nitrogen and oxygen atoms in total. The molecular weight excluding hydrogens is 618 g/mol. The zero-order chi connectivity index (χ0) is 31.0. The average Bonchev–Trinajstić information content (AvgIpc) is 3.34. The lowest BCUT2D eigenvalue weighted by molar-refractivity contribution is -0.137. The van der Waals surface area contributed by atoms with Crippen LogP contribution >= 0.6 is 11.3 Å². The highest BCUT2D eigenvalue weighted by Gasteiger charge is 2.53. The maximum absolute atomic E-state index is 14.4. The van der Waals surface area contributed by atoms with Crippen molar-refractivity contribution in [3.05, 3.63) is 75.5 Å². The molecule has 3 aliphatic rings. The molecule has 0 radical (unpaired) electrons. The van der Waals surface area contributed by atoms with Crippen molar-refractivity contribution < 1.29 is 26.6 Å². The van der Waals surface area contributed by atoms with Crippen LogP contribution in [0, 0.1) is 11.2 Å². The fourth-order valence-corrected chi connectivity index (χ4v) is 9.19. The molecule has 230 valence electrons. The number of fused-ring (bicyclic) bond motifs is 2. The van der Waals surface area contributed by atoms with E-state index in [4.69, 9.17) is 0 Å². The summed E-state index contributed by atoms with van der Waals surface area (Å²) in [4.78, 5) is 22.4. The number of aryl methyl sites for hydroxylation is 1. The number of hydrogen-bond acceptors (Lipinski definition) is 7. The number of halogens is 4. The van der Waals surface area contributed by atoms with Crippen LogP contribution in [0.5, 0.6) is 0 Å². The van der Waals surface area contributed by atoms with Gasteiger partial charge in [0.2, 0.25) is 5.16 Å². The van der Waals surface area contributed by atoms with Gasteiger partial charge in [-0.3, -0.25) is 9.48 Å². The Kier molecular flexibility index (Phi) is 6.71. The van der Waals surface area contributed by atoms with E-state index in [-0.39, 0.29) is 41.6 Å². The highest BCUT2D eigenvalue weighted by Crippen LogP contribution is 2.53. The third-order valence-corrected chi connectivity index (χ3v) is 11.5. The number of thiazole rings is 1.